The molecule has 2 heterocycles. The van der Waals surface area contributed by atoms with Gasteiger partial charge in [-0.25, -0.2) is 4.79 Å². The molecule has 0 bridgehead atoms. The maximum absolute atomic E-state index is 11.9. The van der Waals surface area contributed by atoms with Crippen LogP contribution in [0.2, 0.25) is 0 Å². The Balaban J connectivity index is 2.13. The lowest BCUT2D eigenvalue weighted by Crippen LogP contribution is -2.49. The van der Waals surface area contributed by atoms with Gasteiger partial charge >= 0.3 is 6.03 Å². The molecule has 0 unspecified atom stereocenters. The number of carbonyl (C=O) groups excluding carboxylic acids is 3. The second-order valence-corrected chi connectivity index (χ2v) is 4.51. The zero-order valence-electron chi connectivity index (χ0n) is 10.5. The van der Waals surface area contributed by atoms with E-state index in [-0.39, 0.29) is 12.3 Å². The lowest BCUT2D eigenvalue weighted by molar-refractivity contribution is -0.120. The fourth-order valence-corrected chi connectivity index (χ4v) is 2.25. The molecule has 0 saturated carbocycles. The predicted octanol–water partition coefficient (Wildman–Crippen LogP) is 1.49. The first kappa shape index (κ1) is 12.3. The van der Waals surface area contributed by atoms with Crippen LogP contribution >= 0.6 is 0 Å². The molecule has 1 aliphatic rings. The van der Waals surface area contributed by atoms with E-state index in [4.69, 9.17) is 0 Å². The second-order valence-electron chi connectivity index (χ2n) is 4.51. The molecule has 6 heteroatoms. The Labute approximate surface area is 114 Å². The number of fused-ring (bicyclic) bond motifs is 1. The highest BCUT2D eigenvalue weighted by atomic mass is 16.2. The van der Waals surface area contributed by atoms with Gasteiger partial charge in [-0.2, -0.15) is 0 Å². The number of urea groups is 1. The Kier molecular flexibility index (Phi) is 2.90. The molecular formula is C14H11N3O3. The molecule has 3 amide bonds. The number of aromatic nitrogens is 1. The molecule has 1 aliphatic heterocycles. The number of hydrogen-bond acceptors (Lipinski definition) is 4. The Bertz CT molecular complexity index is 727. The van der Waals surface area contributed by atoms with Crippen LogP contribution in [0.15, 0.2) is 30.6 Å². The summed E-state index contributed by atoms with van der Waals surface area (Å²) in [5, 5.41) is 3.86. The van der Waals surface area contributed by atoms with Gasteiger partial charge in [0.2, 0.25) is 5.91 Å². The average Bonchev–Trinajstić information content (AvgIpc) is 2.46. The SMILES string of the molecule is O=Cc1ccc2cncc(N3CCC(=O)NC3=O)c2c1. The minimum Gasteiger partial charge on any atom is -0.298 e. The van der Waals surface area contributed by atoms with Gasteiger partial charge in [-0.05, 0) is 6.07 Å². The van der Waals surface area contributed by atoms with E-state index < -0.39 is 6.03 Å². The molecule has 0 atom stereocenters. The molecule has 100 valence electrons. The van der Waals surface area contributed by atoms with Crippen LogP contribution in [0.5, 0.6) is 0 Å². The molecular weight excluding hydrogens is 258 g/mol. The number of anilines is 1. The third-order valence-corrected chi connectivity index (χ3v) is 3.24. The number of benzene rings is 1. The topological polar surface area (TPSA) is 79.4 Å². The number of aldehydes is 1. The molecule has 1 aromatic heterocycles. The van der Waals surface area contributed by atoms with E-state index in [1.165, 1.54) is 4.90 Å². The number of nitrogens with one attached hydrogen (secondary N) is 1. The molecule has 1 N–H and O–H groups in total. The number of imide groups is 1. The van der Waals surface area contributed by atoms with E-state index in [1.54, 1.807) is 30.6 Å². The van der Waals surface area contributed by atoms with Gasteiger partial charge in [0.15, 0.2) is 0 Å². The van der Waals surface area contributed by atoms with Crippen LogP contribution in [0, 0.1) is 0 Å². The normalized spacial score (nSPS) is 15.3. The summed E-state index contributed by atoms with van der Waals surface area (Å²) in [5.74, 6) is -0.284. The van der Waals surface area contributed by atoms with Crippen LogP contribution in [-0.4, -0.2) is 29.8 Å². The molecule has 0 spiro atoms. The summed E-state index contributed by atoms with van der Waals surface area (Å²) in [7, 11) is 0. The van der Waals surface area contributed by atoms with E-state index >= 15 is 0 Å². The first-order valence-corrected chi connectivity index (χ1v) is 6.13. The zero-order valence-corrected chi connectivity index (χ0v) is 10.5. The smallest absolute Gasteiger partial charge is 0.298 e. The van der Waals surface area contributed by atoms with Gasteiger partial charge in [0.1, 0.15) is 6.29 Å². The summed E-state index contributed by atoms with van der Waals surface area (Å²) in [4.78, 5) is 39.6. The lowest BCUT2D eigenvalue weighted by atomic mass is 10.1. The van der Waals surface area contributed by atoms with Gasteiger partial charge in [0.25, 0.3) is 0 Å². The fourth-order valence-electron chi connectivity index (χ4n) is 2.25. The highest BCUT2D eigenvalue weighted by Crippen LogP contribution is 2.27. The van der Waals surface area contributed by atoms with Crippen molar-refractivity contribution in [3.63, 3.8) is 0 Å². The van der Waals surface area contributed by atoms with Crippen LogP contribution in [0.3, 0.4) is 0 Å². The van der Waals surface area contributed by atoms with Gasteiger partial charge in [-0.3, -0.25) is 24.8 Å². The zero-order chi connectivity index (χ0) is 14.1. The molecule has 1 aromatic carbocycles. The molecule has 1 saturated heterocycles. The molecule has 0 aliphatic carbocycles. The molecule has 1 fully saturated rings. The van der Waals surface area contributed by atoms with Gasteiger partial charge in [0, 0.05) is 35.5 Å². The molecule has 3 rings (SSSR count). The van der Waals surface area contributed by atoms with Crippen molar-refractivity contribution in [2.24, 2.45) is 0 Å². The Morgan fingerprint density at radius 1 is 1.25 bits per heavy atom. The van der Waals surface area contributed by atoms with E-state index in [2.05, 4.69) is 10.3 Å². The predicted molar refractivity (Wildman–Crippen MR) is 72.6 cm³/mol. The minimum atomic E-state index is -0.466. The summed E-state index contributed by atoms with van der Waals surface area (Å²) >= 11 is 0. The number of pyridine rings is 1. The van der Waals surface area contributed by atoms with Crippen molar-refractivity contribution < 1.29 is 14.4 Å². The number of hydrogen-bond donors (Lipinski definition) is 1. The van der Waals surface area contributed by atoms with E-state index in [0.29, 0.717) is 17.8 Å². The van der Waals surface area contributed by atoms with Crippen molar-refractivity contribution in [1.82, 2.24) is 10.3 Å². The largest absolute Gasteiger partial charge is 0.328 e. The monoisotopic (exact) mass is 269 g/mol. The Morgan fingerprint density at radius 2 is 2.10 bits per heavy atom. The third-order valence-electron chi connectivity index (χ3n) is 3.24. The fraction of sp³-hybridized carbons (Fsp3) is 0.143. The molecule has 0 radical (unpaired) electrons. The van der Waals surface area contributed by atoms with Crippen molar-refractivity contribution in [2.45, 2.75) is 6.42 Å². The minimum absolute atomic E-state index is 0.246. The van der Waals surface area contributed by atoms with Gasteiger partial charge in [0.05, 0.1) is 11.9 Å². The van der Waals surface area contributed by atoms with Gasteiger partial charge in [-0.1, -0.05) is 12.1 Å². The maximum atomic E-state index is 11.9. The Hall–Kier alpha value is -2.76. The van der Waals surface area contributed by atoms with Crippen molar-refractivity contribution in [3.05, 3.63) is 36.2 Å². The average molecular weight is 269 g/mol. The third kappa shape index (κ3) is 2.01. The number of amides is 3. The first-order chi connectivity index (χ1) is 9.69. The molecule has 6 nitrogen and oxygen atoms in total. The highest BCUT2D eigenvalue weighted by molar-refractivity contribution is 6.10. The summed E-state index contributed by atoms with van der Waals surface area (Å²) in [6.07, 6.45) is 4.23. The van der Waals surface area contributed by atoms with Crippen LogP contribution in [0.4, 0.5) is 10.5 Å². The van der Waals surface area contributed by atoms with Gasteiger partial charge in [-0.15, -0.1) is 0 Å². The maximum Gasteiger partial charge on any atom is 0.328 e. The molecule has 20 heavy (non-hydrogen) atoms. The van der Waals surface area contributed by atoms with Crippen molar-refractivity contribution in [1.29, 1.82) is 0 Å². The lowest BCUT2D eigenvalue weighted by Gasteiger charge is -2.27. The van der Waals surface area contributed by atoms with Crippen LogP contribution in [0.25, 0.3) is 10.8 Å². The van der Waals surface area contributed by atoms with E-state index in [0.717, 1.165) is 17.1 Å². The Morgan fingerprint density at radius 3 is 2.85 bits per heavy atom. The summed E-state index contributed by atoms with van der Waals surface area (Å²) in [5.41, 5.74) is 1.12. The second kappa shape index (κ2) is 4.73. The quantitative estimate of drug-likeness (QED) is 0.838. The van der Waals surface area contributed by atoms with E-state index in [9.17, 15) is 14.4 Å². The number of carbonyl (C=O) groups is 3. The van der Waals surface area contributed by atoms with Crippen LogP contribution in [-0.2, 0) is 4.79 Å². The van der Waals surface area contributed by atoms with Crippen molar-refractivity contribution in [2.75, 3.05) is 11.4 Å². The highest BCUT2D eigenvalue weighted by Gasteiger charge is 2.25. The first-order valence-electron chi connectivity index (χ1n) is 6.13. The van der Waals surface area contributed by atoms with Crippen LogP contribution < -0.4 is 10.2 Å². The summed E-state index contributed by atoms with van der Waals surface area (Å²) in [6.45, 7) is 0.302. The van der Waals surface area contributed by atoms with Crippen LogP contribution in [0.1, 0.15) is 16.8 Å². The summed E-state index contributed by atoms with van der Waals surface area (Å²) < 4.78 is 0. The standard InChI is InChI=1S/C14H11N3O3/c18-8-9-1-2-10-6-15-7-12(11(10)5-9)17-4-3-13(19)16-14(17)20/h1-2,5-8H,3-4H2,(H,16,19,20). The van der Waals surface area contributed by atoms with Crippen molar-refractivity contribution in [3.8, 4) is 0 Å². The number of rotatable bonds is 2. The number of nitrogens with zero attached hydrogens (tertiary/aromatic N) is 2. The molecule has 2 aromatic rings. The van der Waals surface area contributed by atoms with E-state index in [1.807, 2.05) is 0 Å². The van der Waals surface area contributed by atoms with Gasteiger partial charge < -0.3 is 0 Å². The van der Waals surface area contributed by atoms with Crippen molar-refractivity contribution >= 4 is 34.7 Å². The summed E-state index contributed by atoms with van der Waals surface area (Å²) in [6, 6.07) is 4.72.